The van der Waals surface area contributed by atoms with Gasteiger partial charge in [0.2, 0.25) is 10.0 Å². The minimum Gasteiger partial charge on any atom is -0.444 e. The van der Waals surface area contributed by atoms with Gasteiger partial charge in [0.05, 0.1) is 17.9 Å². The molecule has 2 atom stereocenters. The zero-order chi connectivity index (χ0) is 22.7. The first kappa shape index (κ1) is 24.7. The van der Waals surface area contributed by atoms with Crippen molar-refractivity contribution in [2.45, 2.75) is 71.4 Å². The lowest BCUT2D eigenvalue weighted by molar-refractivity contribution is -0.0755. The van der Waals surface area contributed by atoms with E-state index >= 15 is 0 Å². The van der Waals surface area contributed by atoms with Crippen LogP contribution >= 0.6 is 0 Å². The number of sulfonamides is 1. The van der Waals surface area contributed by atoms with Crippen molar-refractivity contribution < 1.29 is 22.7 Å². The summed E-state index contributed by atoms with van der Waals surface area (Å²) in [5.74, 6) is 0.753. The Kier molecular flexibility index (Phi) is 7.63. The van der Waals surface area contributed by atoms with Crippen LogP contribution in [0.2, 0.25) is 0 Å². The van der Waals surface area contributed by atoms with Crippen LogP contribution < -0.4 is 10.6 Å². The maximum Gasteiger partial charge on any atom is 0.412 e. The highest BCUT2D eigenvalue weighted by molar-refractivity contribution is 7.89. The number of rotatable bonds is 5. The molecule has 2 rings (SSSR count). The highest BCUT2D eigenvalue weighted by Crippen LogP contribution is 2.33. The van der Waals surface area contributed by atoms with Gasteiger partial charge in [0.1, 0.15) is 11.3 Å². The summed E-state index contributed by atoms with van der Waals surface area (Å²) in [5, 5.41) is 6.35. The Labute approximate surface area is 180 Å². The molecule has 2 N–H and O–H groups in total. The quantitative estimate of drug-likeness (QED) is 0.476. The molecule has 2 saturated heterocycles. The van der Waals surface area contributed by atoms with Gasteiger partial charge in [-0.25, -0.2) is 17.5 Å². The van der Waals surface area contributed by atoms with E-state index in [-0.39, 0.29) is 17.9 Å². The molecule has 174 valence electrons. The van der Waals surface area contributed by atoms with Crippen molar-refractivity contribution in [3.8, 4) is 0 Å². The molecule has 0 aromatic carbocycles. The van der Waals surface area contributed by atoms with Crippen molar-refractivity contribution in [3.63, 3.8) is 0 Å². The van der Waals surface area contributed by atoms with Crippen molar-refractivity contribution in [1.29, 1.82) is 0 Å². The van der Waals surface area contributed by atoms with Crippen molar-refractivity contribution in [2.75, 3.05) is 39.0 Å². The van der Waals surface area contributed by atoms with Gasteiger partial charge in [-0.05, 0) is 48.0 Å². The lowest BCUT2D eigenvalue weighted by atomic mass is 10.1. The first-order valence-electron chi connectivity index (χ1n) is 10.4. The molecule has 2 heterocycles. The smallest absolute Gasteiger partial charge is 0.412 e. The molecule has 0 radical (unpaired) electrons. The maximum absolute atomic E-state index is 12.8. The summed E-state index contributed by atoms with van der Waals surface area (Å²) in [6, 6.07) is -0.257. The van der Waals surface area contributed by atoms with Crippen LogP contribution in [0.4, 0.5) is 4.79 Å². The van der Waals surface area contributed by atoms with Crippen molar-refractivity contribution in [3.05, 3.63) is 0 Å². The Bertz CT molecular complexity index is 747. The predicted octanol–water partition coefficient (Wildman–Crippen LogP) is 0.947. The highest BCUT2D eigenvalue weighted by Gasteiger charge is 2.49. The third kappa shape index (κ3) is 6.21. The SMILES string of the molecule is CN=C(NCCN1CCCS1(=O)=O)NCC1C(C)OC(C)(C)N1C(=O)OC(C)(C)C. The van der Waals surface area contributed by atoms with Crippen molar-refractivity contribution in [2.24, 2.45) is 4.99 Å². The molecule has 30 heavy (non-hydrogen) atoms. The monoisotopic (exact) mass is 447 g/mol. The Morgan fingerprint density at radius 1 is 1.30 bits per heavy atom. The van der Waals surface area contributed by atoms with Crippen LogP contribution in [0.3, 0.4) is 0 Å². The van der Waals surface area contributed by atoms with Gasteiger partial charge in [-0.2, -0.15) is 0 Å². The lowest BCUT2D eigenvalue weighted by Crippen LogP contribution is -2.54. The Morgan fingerprint density at radius 3 is 2.50 bits per heavy atom. The van der Waals surface area contributed by atoms with Gasteiger partial charge in [0.15, 0.2) is 5.96 Å². The minimum atomic E-state index is -3.11. The third-order valence-corrected chi connectivity index (χ3v) is 7.03. The van der Waals surface area contributed by atoms with Gasteiger partial charge in [-0.3, -0.25) is 9.89 Å². The summed E-state index contributed by atoms with van der Waals surface area (Å²) < 4.78 is 36.9. The standard InChI is InChI=1S/C19H37N5O5S/c1-14-15(24(19(5,6)28-14)17(25)29-18(2,3)4)13-22-16(20-7)21-9-11-23-10-8-12-30(23,26)27/h14-15H,8-13H2,1-7H3,(H2,20,21,22). The molecular formula is C19H37N5O5S. The number of carbonyl (C=O) groups excluding carboxylic acids is 1. The van der Waals surface area contributed by atoms with E-state index in [4.69, 9.17) is 9.47 Å². The van der Waals surface area contributed by atoms with Crippen LogP contribution in [-0.2, 0) is 19.5 Å². The first-order chi connectivity index (χ1) is 13.8. The Balaban J connectivity index is 1.94. The number of nitrogens with zero attached hydrogens (tertiary/aromatic N) is 3. The zero-order valence-corrected chi connectivity index (χ0v) is 20.0. The Hall–Kier alpha value is -1.59. The summed E-state index contributed by atoms with van der Waals surface area (Å²) in [6.07, 6.45) is 0.0456. The van der Waals surface area contributed by atoms with E-state index in [0.29, 0.717) is 38.6 Å². The average molecular weight is 448 g/mol. The van der Waals surface area contributed by atoms with Gasteiger partial charge >= 0.3 is 6.09 Å². The average Bonchev–Trinajstić information content (AvgIpc) is 3.03. The van der Waals surface area contributed by atoms with Gasteiger partial charge in [-0.1, -0.05) is 0 Å². The second-order valence-electron chi connectivity index (χ2n) is 9.14. The molecule has 0 aromatic rings. The van der Waals surface area contributed by atoms with E-state index in [1.807, 2.05) is 41.5 Å². The number of carbonyl (C=O) groups is 1. The molecule has 2 fully saturated rings. The lowest BCUT2D eigenvalue weighted by Gasteiger charge is -2.35. The molecule has 1 amide bonds. The number of nitrogens with one attached hydrogen (secondary N) is 2. The summed E-state index contributed by atoms with van der Waals surface area (Å²) in [7, 11) is -1.47. The Morgan fingerprint density at radius 2 is 1.97 bits per heavy atom. The fraction of sp³-hybridized carbons (Fsp3) is 0.895. The van der Waals surface area contributed by atoms with Gasteiger partial charge < -0.3 is 20.1 Å². The molecule has 2 unspecified atom stereocenters. The van der Waals surface area contributed by atoms with E-state index in [1.165, 1.54) is 4.31 Å². The summed E-state index contributed by atoms with van der Waals surface area (Å²) in [5.41, 5.74) is -1.40. The predicted molar refractivity (Wildman–Crippen MR) is 116 cm³/mol. The molecule has 0 aromatic heterocycles. The fourth-order valence-corrected chi connectivity index (χ4v) is 5.32. The number of amides is 1. The minimum absolute atomic E-state index is 0.201. The second-order valence-corrected chi connectivity index (χ2v) is 11.2. The van der Waals surface area contributed by atoms with Gasteiger partial charge in [-0.15, -0.1) is 0 Å². The summed E-state index contributed by atoms with van der Waals surface area (Å²) in [6.45, 7) is 12.9. The molecule has 2 aliphatic rings. The fourth-order valence-electron chi connectivity index (χ4n) is 3.79. The van der Waals surface area contributed by atoms with Crippen molar-refractivity contribution >= 4 is 22.1 Å². The van der Waals surface area contributed by atoms with Crippen LogP contribution in [0.1, 0.15) is 48.0 Å². The number of hydrogen-bond donors (Lipinski definition) is 2. The molecule has 0 spiro atoms. The molecule has 2 aliphatic heterocycles. The zero-order valence-electron chi connectivity index (χ0n) is 19.2. The number of guanidine groups is 1. The van der Waals surface area contributed by atoms with E-state index in [1.54, 1.807) is 11.9 Å². The molecule has 11 heteroatoms. The van der Waals surface area contributed by atoms with Crippen LogP contribution in [0.25, 0.3) is 0 Å². The third-order valence-electron chi connectivity index (χ3n) is 5.08. The second kappa shape index (κ2) is 9.27. The van der Waals surface area contributed by atoms with Crippen LogP contribution in [0, 0.1) is 0 Å². The van der Waals surface area contributed by atoms with Crippen LogP contribution in [0.5, 0.6) is 0 Å². The summed E-state index contributed by atoms with van der Waals surface area (Å²) in [4.78, 5) is 18.6. The van der Waals surface area contributed by atoms with Gasteiger partial charge in [0, 0.05) is 33.2 Å². The molecular weight excluding hydrogens is 410 g/mol. The van der Waals surface area contributed by atoms with Crippen molar-refractivity contribution in [1.82, 2.24) is 19.8 Å². The molecule has 10 nitrogen and oxygen atoms in total. The summed E-state index contributed by atoms with van der Waals surface area (Å²) >= 11 is 0. The number of hydrogen-bond acceptors (Lipinski definition) is 6. The van der Waals surface area contributed by atoms with Crippen LogP contribution in [0.15, 0.2) is 4.99 Å². The largest absolute Gasteiger partial charge is 0.444 e. The van der Waals surface area contributed by atoms with E-state index in [2.05, 4.69) is 15.6 Å². The molecule has 0 bridgehead atoms. The first-order valence-corrected chi connectivity index (χ1v) is 12.0. The topological polar surface area (TPSA) is 113 Å². The highest BCUT2D eigenvalue weighted by atomic mass is 32.2. The van der Waals surface area contributed by atoms with E-state index < -0.39 is 27.4 Å². The maximum atomic E-state index is 12.8. The molecule has 0 aliphatic carbocycles. The van der Waals surface area contributed by atoms with E-state index in [9.17, 15) is 13.2 Å². The van der Waals surface area contributed by atoms with E-state index in [0.717, 1.165) is 0 Å². The normalized spacial score (nSPS) is 26.6. The molecule has 0 saturated carbocycles. The van der Waals surface area contributed by atoms with Crippen LogP contribution in [-0.4, -0.2) is 92.1 Å². The number of ether oxygens (including phenoxy) is 2. The number of aliphatic imine (C=N–C) groups is 1. The van der Waals surface area contributed by atoms with Gasteiger partial charge in [0.25, 0.3) is 0 Å².